The van der Waals surface area contributed by atoms with Crippen molar-refractivity contribution < 1.29 is 4.74 Å². The molecule has 5 nitrogen and oxygen atoms in total. The van der Waals surface area contributed by atoms with Crippen LogP contribution in [0.4, 0.5) is 0 Å². The number of hydrogen-bond acceptors (Lipinski definition) is 4. The number of rotatable bonds is 6. The van der Waals surface area contributed by atoms with Crippen LogP contribution >= 0.6 is 0 Å². The molecule has 108 valence electrons. The molecule has 0 saturated heterocycles. The third kappa shape index (κ3) is 4.06. The van der Waals surface area contributed by atoms with Gasteiger partial charge in [-0.15, -0.1) is 0 Å². The van der Waals surface area contributed by atoms with E-state index in [4.69, 9.17) is 4.74 Å². The predicted molar refractivity (Wildman–Crippen MR) is 78.9 cm³/mol. The summed E-state index contributed by atoms with van der Waals surface area (Å²) in [5.74, 6) is 1.29. The van der Waals surface area contributed by atoms with Gasteiger partial charge in [-0.05, 0) is 19.4 Å². The molecule has 0 aromatic carbocycles. The molecule has 0 aliphatic heterocycles. The van der Waals surface area contributed by atoms with Crippen molar-refractivity contribution >= 4 is 0 Å². The molecule has 0 spiro atoms. The second kappa shape index (κ2) is 6.52. The minimum Gasteiger partial charge on any atom is -0.436 e. The summed E-state index contributed by atoms with van der Waals surface area (Å²) in [6.07, 6.45) is 5.41. The smallest absolute Gasteiger partial charge is 0.219 e. The van der Waals surface area contributed by atoms with Crippen molar-refractivity contribution in [2.24, 2.45) is 0 Å². The van der Waals surface area contributed by atoms with Crippen molar-refractivity contribution in [1.29, 1.82) is 0 Å². The van der Waals surface area contributed by atoms with Gasteiger partial charge in [0.15, 0.2) is 5.75 Å². The largest absolute Gasteiger partial charge is 0.436 e. The quantitative estimate of drug-likeness (QED) is 0.879. The van der Waals surface area contributed by atoms with Crippen LogP contribution in [0, 0.1) is 0 Å². The molecule has 0 fully saturated rings. The number of nitrogens with zero attached hydrogens (tertiary/aromatic N) is 3. The first-order valence-electron chi connectivity index (χ1n) is 6.95. The molecule has 0 aliphatic carbocycles. The van der Waals surface area contributed by atoms with Crippen molar-refractivity contribution in [2.75, 3.05) is 0 Å². The number of hydrogen-bond donors (Lipinski definition) is 1. The molecule has 0 radical (unpaired) electrons. The maximum absolute atomic E-state index is 5.67. The van der Waals surface area contributed by atoms with E-state index in [2.05, 4.69) is 43.1 Å². The van der Waals surface area contributed by atoms with Crippen LogP contribution in [0.1, 0.15) is 39.3 Å². The van der Waals surface area contributed by atoms with E-state index in [9.17, 15) is 0 Å². The highest BCUT2D eigenvalue weighted by atomic mass is 16.5. The fourth-order valence-corrected chi connectivity index (χ4v) is 1.67. The zero-order valence-corrected chi connectivity index (χ0v) is 12.5. The van der Waals surface area contributed by atoms with E-state index in [1.54, 1.807) is 6.20 Å². The van der Waals surface area contributed by atoms with Gasteiger partial charge in [-0.25, -0.2) is 4.98 Å². The fraction of sp³-hybridized carbons (Fsp3) is 0.467. The highest BCUT2D eigenvalue weighted by Gasteiger charge is 2.05. The first-order chi connectivity index (χ1) is 9.54. The van der Waals surface area contributed by atoms with E-state index >= 15 is 0 Å². The van der Waals surface area contributed by atoms with Crippen LogP contribution in [0.25, 0.3) is 0 Å². The second-order valence-corrected chi connectivity index (χ2v) is 5.39. The summed E-state index contributed by atoms with van der Waals surface area (Å²) < 4.78 is 7.53. The van der Waals surface area contributed by atoms with Crippen LogP contribution in [0.3, 0.4) is 0 Å². The van der Waals surface area contributed by atoms with Crippen LogP contribution in [-0.2, 0) is 6.54 Å². The van der Waals surface area contributed by atoms with Gasteiger partial charge in [0.1, 0.15) is 0 Å². The molecule has 20 heavy (non-hydrogen) atoms. The van der Waals surface area contributed by atoms with E-state index in [1.807, 2.05) is 29.2 Å². The zero-order valence-electron chi connectivity index (χ0n) is 12.5. The van der Waals surface area contributed by atoms with Crippen LogP contribution in [0.2, 0.25) is 0 Å². The average Bonchev–Trinajstić information content (AvgIpc) is 2.86. The van der Waals surface area contributed by atoms with Crippen LogP contribution in [0.15, 0.2) is 30.7 Å². The molecule has 2 aromatic heterocycles. The van der Waals surface area contributed by atoms with E-state index in [1.165, 1.54) is 0 Å². The Labute approximate surface area is 120 Å². The van der Waals surface area contributed by atoms with Crippen molar-refractivity contribution in [1.82, 2.24) is 20.1 Å². The molecular formula is C15H22N4O. The summed E-state index contributed by atoms with van der Waals surface area (Å²) in [6, 6.07) is 4.69. The van der Waals surface area contributed by atoms with E-state index < -0.39 is 0 Å². The van der Waals surface area contributed by atoms with Gasteiger partial charge in [0, 0.05) is 30.9 Å². The maximum atomic E-state index is 5.67. The number of aromatic nitrogens is 3. The molecule has 0 amide bonds. The molecule has 5 heteroatoms. The summed E-state index contributed by atoms with van der Waals surface area (Å²) in [6.45, 7) is 9.21. The molecule has 2 heterocycles. The number of nitrogens with one attached hydrogen (secondary N) is 1. The lowest BCUT2D eigenvalue weighted by Gasteiger charge is -2.08. The second-order valence-electron chi connectivity index (χ2n) is 5.39. The Kier molecular flexibility index (Phi) is 4.74. The highest BCUT2D eigenvalue weighted by Crippen LogP contribution is 2.19. The van der Waals surface area contributed by atoms with E-state index in [-0.39, 0.29) is 0 Å². The number of pyridine rings is 1. The lowest BCUT2D eigenvalue weighted by molar-refractivity contribution is 0.458. The normalized spacial score (nSPS) is 11.3. The summed E-state index contributed by atoms with van der Waals surface area (Å²) in [4.78, 5) is 4.31. The first-order valence-corrected chi connectivity index (χ1v) is 6.95. The van der Waals surface area contributed by atoms with Gasteiger partial charge in [-0.2, -0.15) is 5.10 Å². The molecule has 0 aliphatic rings. The third-order valence-electron chi connectivity index (χ3n) is 2.84. The molecule has 0 unspecified atom stereocenters. The summed E-state index contributed by atoms with van der Waals surface area (Å²) >= 11 is 0. The van der Waals surface area contributed by atoms with Crippen molar-refractivity contribution in [3.05, 3.63) is 36.3 Å². The van der Waals surface area contributed by atoms with Gasteiger partial charge in [0.25, 0.3) is 0 Å². The predicted octanol–water partition coefficient (Wildman–Crippen LogP) is 3.15. The van der Waals surface area contributed by atoms with Gasteiger partial charge in [0.2, 0.25) is 5.88 Å². The molecule has 1 N–H and O–H groups in total. The number of ether oxygens (including phenoxy) is 1. The standard InChI is InChI=1S/C15H22N4O/c1-11(2)16-7-13-5-6-15(17-8-13)20-14-9-18-19(10-14)12(3)4/h5-6,8-12,16H,7H2,1-4H3. The Hall–Kier alpha value is -1.88. The lowest BCUT2D eigenvalue weighted by Crippen LogP contribution is -2.21. The van der Waals surface area contributed by atoms with Crippen molar-refractivity contribution in [2.45, 2.75) is 46.3 Å². The fourth-order valence-electron chi connectivity index (χ4n) is 1.67. The Morgan fingerprint density at radius 2 is 2.00 bits per heavy atom. The topological polar surface area (TPSA) is 52.0 Å². The zero-order chi connectivity index (χ0) is 14.5. The van der Waals surface area contributed by atoms with E-state index in [0.717, 1.165) is 12.1 Å². The van der Waals surface area contributed by atoms with E-state index in [0.29, 0.717) is 23.7 Å². The van der Waals surface area contributed by atoms with Gasteiger partial charge in [-0.1, -0.05) is 19.9 Å². The molecule has 2 rings (SSSR count). The Bertz CT molecular complexity index is 531. The minimum absolute atomic E-state index is 0.324. The van der Waals surface area contributed by atoms with Crippen LogP contribution in [-0.4, -0.2) is 20.8 Å². The first kappa shape index (κ1) is 14.5. The monoisotopic (exact) mass is 274 g/mol. The Morgan fingerprint density at radius 3 is 2.55 bits per heavy atom. The molecule has 0 saturated carbocycles. The average molecular weight is 274 g/mol. The third-order valence-corrected chi connectivity index (χ3v) is 2.84. The highest BCUT2D eigenvalue weighted by molar-refractivity contribution is 5.24. The molecule has 2 aromatic rings. The van der Waals surface area contributed by atoms with Crippen LogP contribution < -0.4 is 10.1 Å². The Balaban J connectivity index is 1.95. The SMILES string of the molecule is CC(C)NCc1ccc(Oc2cnn(C(C)C)c2)nc1. The summed E-state index contributed by atoms with van der Waals surface area (Å²) in [5, 5.41) is 7.58. The van der Waals surface area contributed by atoms with Gasteiger partial charge < -0.3 is 10.1 Å². The molecule has 0 bridgehead atoms. The van der Waals surface area contributed by atoms with Gasteiger partial charge in [0.05, 0.1) is 12.4 Å². The van der Waals surface area contributed by atoms with Crippen molar-refractivity contribution in [3.63, 3.8) is 0 Å². The lowest BCUT2D eigenvalue weighted by atomic mass is 10.2. The molecular weight excluding hydrogens is 252 g/mol. The van der Waals surface area contributed by atoms with Gasteiger partial charge in [-0.3, -0.25) is 4.68 Å². The summed E-state index contributed by atoms with van der Waals surface area (Å²) in [7, 11) is 0. The molecule has 0 atom stereocenters. The minimum atomic E-state index is 0.324. The Morgan fingerprint density at radius 1 is 1.20 bits per heavy atom. The summed E-state index contributed by atoms with van der Waals surface area (Å²) in [5.41, 5.74) is 1.14. The maximum Gasteiger partial charge on any atom is 0.219 e. The van der Waals surface area contributed by atoms with Crippen LogP contribution in [0.5, 0.6) is 11.6 Å². The van der Waals surface area contributed by atoms with Gasteiger partial charge >= 0.3 is 0 Å². The van der Waals surface area contributed by atoms with Crippen molar-refractivity contribution in [3.8, 4) is 11.6 Å².